The molecule has 9 nitrogen and oxygen atoms in total. The molecular weight excluding hydrogens is 604 g/mol. The first-order valence-corrected chi connectivity index (χ1v) is 16.5. The van der Waals surface area contributed by atoms with Crippen LogP contribution in [0.5, 0.6) is 11.6 Å². The zero-order valence-corrected chi connectivity index (χ0v) is 27.0. The number of carbonyl (C=O) groups excluding carboxylic acids is 2. The van der Waals surface area contributed by atoms with E-state index < -0.39 is 11.5 Å². The lowest BCUT2D eigenvalue weighted by atomic mass is 9.84. The number of aromatic nitrogens is 1. The van der Waals surface area contributed by atoms with Crippen molar-refractivity contribution in [3.63, 3.8) is 0 Å². The number of pyridine rings is 1. The van der Waals surface area contributed by atoms with Crippen molar-refractivity contribution >= 4 is 34.7 Å². The fraction of sp³-hybridized carbons (Fsp3) is 0.417. The summed E-state index contributed by atoms with van der Waals surface area (Å²) in [7, 11) is 0. The number of hydrogen-bond acceptors (Lipinski definition) is 8. The van der Waals surface area contributed by atoms with Gasteiger partial charge in [-0.15, -0.1) is 0 Å². The van der Waals surface area contributed by atoms with Crippen LogP contribution in [0.3, 0.4) is 0 Å². The van der Waals surface area contributed by atoms with Gasteiger partial charge in [0.2, 0.25) is 5.88 Å². The van der Waals surface area contributed by atoms with Crippen LogP contribution in [-0.4, -0.2) is 66.2 Å². The second-order valence-electron chi connectivity index (χ2n) is 12.4. The summed E-state index contributed by atoms with van der Waals surface area (Å²) >= 11 is 6.06. The van der Waals surface area contributed by atoms with E-state index in [1.54, 1.807) is 6.07 Å². The Morgan fingerprint density at radius 2 is 1.91 bits per heavy atom. The summed E-state index contributed by atoms with van der Waals surface area (Å²) in [4.78, 5) is 33.8. The maximum Gasteiger partial charge on any atom is 0.310 e. The molecule has 1 aromatic heterocycles. The minimum atomic E-state index is -0.845. The molecule has 0 radical (unpaired) electrons. The van der Waals surface area contributed by atoms with Crippen molar-refractivity contribution in [3.05, 3.63) is 88.1 Å². The summed E-state index contributed by atoms with van der Waals surface area (Å²) in [6.07, 6.45) is 6.64. The number of rotatable bonds is 8. The minimum absolute atomic E-state index is 0.146. The van der Waals surface area contributed by atoms with Crippen molar-refractivity contribution in [2.45, 2.75) is 51.0 Å². The Labute approximate surface area is 274 Å². The summed E-state index contributed by atoms with van der Waals surface area (Å²) in [5.74, 6) is 0.0905. The lowest BCUT2D eigenvalue weighted by Gasteiger charge is -2.38. The number of piperidine rings is 2. The van der Waals surface area contributed by atoms with Gasteiger partial charge in [-0.25, -0.2) is 4.98 Å². The Morgan fingerprint density at radius 1 is 1.13 bits per heavy atom. The number of carbonyl (C=O) groups is 2. The van der Waals surface area contributed by atoms with Gasteiger partial charge in [0, 0.05) is 61.0 Å². The molecule has 3 aromatic rings. The third-order valence-corrected chi connectivity index (χ3v) is 9.68. The van der Waals surface area contributed by atoms with Gasteiger partial charge in [0.15, 0.2) is 0 Å². The first kappa shape index (κ1) is 32.0. The van der Waals surface area contributed by atoms with Gasteiger partial charge >= 0.3 is 5.97 Å². The Bertz CT molecular complexity index is 1620. The molecule has 2 saturated heterocycles. The van der Waals surface area contributed by atoms with Gasteiger partial charge < -0.3 is 30.1 Å². The van der Waals surface area contributed by atoms with Gasteiger partial charge in [0.25, 0.3) is 5.91 Å². The summed E-state index contributed by atoms with van der Waals surface area (Å²) in [5.41, 5.74) is 9.71. The zero-order valence-electron chi connectivity index (χ0n) is 26.2. The van der Waals surface area contributed by atoms with Gasteiger partial charge in [-0.05, 0) is 86.6 Å². The SMILES string of the molecule is CCOC(=O)[C@@H]1CCCN(c2cccc3c2CC(=CCCN2CCC(O)(c4ccc(Cl)cc4)CC2)c2ccc(C(N)=O)nc2O3)C1. The number of anilines is 1. The van der Waals surface area contributed by atoms with E-state index >= 15 is 0 Å². The summed E-state index contributed by atoms with van der Waals surface area (Å²) in [6.45, 7) is 6.04. The predicted octanol–water partition coefficient (Wildman–Crippen LogP) is 5.72. The van der Waals surface area contributed by atoms with Crippen LogP contribution >= 0.6 is 11.6 Å². The van der Waals surface area contributed by atoms with Crippen molar-refractivity contribution < 1.29 is 24.2 Å². The van der Waals surface area contributed by atoms with Gasteiger partial charge in [-0.3, -0.25) is 9.59 Å². The average Bonchev–Trinajstić information content (AvgIpc) is 3.22. The average molecular weight is 645 g/mol. The second-order valence-corrected chi connectivity index (χ2v) is 12.8. The van der Waals surface area contributed by atoms with E-state index in [-0.39, 0.29) is 17.6 Å². The number of primary amides is 1. The number of fused-ring (bicyclic) bond motifs is 2. The molecule has 0 bridgehead atoms. The third-order valence-electron chi connectivity index (χ3n) is 9.42. The van der Waals surface area contributed by atoms with Crippen LogP contribution in [0.25, 0.3) is 5.57 Å². The molecule has 2 aromatic carbocycles. The van der Waals surface area contributed by atoms with Gasteiger partial charge in [-0.2, -0.15) is 0 Å². The first-order chi connectivity index (χ1) is 22.2. The monoisotopic (exact) mass is 644 g/mol. The zero-order chi connectivity index (χ0) is 32.3. The Hall–Kier alpha value is -3.92. The number of hydrogen-bond donors (Lipinski definition) is 2. The molecule has 0 unspecified atom stereocenters. The number of nitrogens with two attached hydrogens (primary N) is 1. The molecular formula is C36H41ClN4O5. The Kier molecular flexibility index (Phi) is 9.63. The quantitative estimate of drug-likeness (QED) is 0.299. The summed E-state index contributed by atoms with van der Waals surface area (Å²) < 4.78 is 11.8. The van der Waals surface area contributed by atoms with Crippen molar-refractivity contribution in [3.8, 4) is 11.6 Å². The van der Waals surface area contributed by atoms with Crippen LogP contribution in [0.1, 0.15) is 66.2 Å². The molecule has 0 spiro atoms. The van der Waals surface area contributed by atoms with E-state index in [2.05, 4.69) is 26.9 Å². The number of allylic oxidation sites excluding steroid dienone is 1. The highest BCUT2D eigenvalue weighted by Crippen LogP contribution is 2.43. The van der Waals surface area contributed by atoms with Crippen molar-refractivity contribution in [1.29, 1.82) is 0 Å². The van der Waals surface area contributed by atoms with E-state index in [9.17, 15) is 14.7 Å². The van der Waals surface area contributed by atoms with Crippen molar-refractivity contribution in [2.75, 3.05) is 44.2 Å². The van der Waals surface area contributed by atoms with E-state index in [4.69, 9.17) is 26.8 Å². The van der Waals surface area contributed by atoms with Crippen LogP contribution < -0.4 is 15.4 Å². The Morgan fingerprint density at radius 3 is 2.65 bits per heavy atom. The molecule has 3 aliphatic rings. The highest BCUT2D eigenvalue weighted by atomic mass is 35.5. The number of nitrogens with zero attached hydrogens (tertiary/aromatic N) is 3. The molecule has 3 N–H and O–H groups in total. The largest absolute Gasteiger partial charge is 0.466 e. The highest BCUT2D eigenvalue weighted by Gasteiger charge is 2.34. The van der Waals surface area contributed by atoms with Crippen LogP contribution in [0, 0.1) is 5.92 Å². The lowest BCUT2D eigenvalue weighted by molar-refractivity contribution is -0.148. The molecule has 3 aliphatic heterocycles. The van der Waals surface area contributed by atoms with E-state index in [0.717, 1.165) is 73.4 Å². The maximum absolute atomic E-state index is 12.6. The van der Waals surface area contributed by atoms with Gasteiger partial charge in [0.1, 0.15) is 11.4 Å². The molecule has 0 aliphatic carbocycles. The normalized spacial score (nSPS) is 20.3. The molecule has 0 saturated carbocycles. The van der Waals surface area contributed by atoms with Crippen LogP contribution in [0.2, 0.25) is 5.02 Å². The van der Waals surface area contributed by atoms with Crippen LogP contribution in [0.4, 0.5) is 5.69 Å². The standard InChI is InChI=1S/C36H41ClN4O5/c1-2-45-35(43)25-7-5-19-41(23-25)31-8-3-9-32-29(31)22-24(28-14-15-30(33(38)42)39-34(28)46-32)6-4-18-40-20-16-36(44,17-21-40)26-10-12-27(37)13-11-26/h3,6,8-15,25,44H,2,4-5,7,16-23H2,1H3,(H2,38,42)/t25-/m1/s1. The first-order valence-electron chi connectivity index (χ1n) is 16.2. The van der Waals surface area contributed by atoms with Crippen LogP contribution in [0.15, 0.2) is 60.7 Å². The molecule has 1 atom stereocenters. The number of benzene rings is 2. The Balaban J connectivity index is 1.23. The number of halogens is 1. The summed E-state index contributed by atoms with van der Waals surface area (Å²) in [6, 6.07) is 17.0. The number of esters is 1. The maximum atomic E-state index is 12.6. The lowest BCUT2D eigenvalue weighted by Crippen LogP contribution is -2.42. The van der Waals surface area contributed by atoms with E-state index in [1.165, 1.54) is 0 Å². The van der Waals surface area contributed by atoms with Gasteiger partial charge in [-0.1, -0.05) is 35.9 Å². The molecule has 242 valence electrons. The molecule has 2 fully saturated rings. The smallest absolute Gasteiger partial charge is 0.310 e. The van der Waals surface area contributed by atoms with Crippen molar-refractivity contribution in [1.82, 2.24) is 9.88 Å². The molecule has 1 amide bonds. The number of likely N-dealkylation sites (tertiary alicyclic amines) is 1. The second kappa shape index (κ2) is 13.8. The van der Waals surface area contributed by atoms with Crippen LogP contribution in [-0.2, 0) is 21.6 Å². The predicted molar refractivity (Wildman–Crippen MR) is 178 cm³/mol. The number of aliphatic hydroxyl groups is 1. The molecule has 6 rings (SSSR count). The van der Waals surface area contributed by atoms with E-state index in [1.807, 2.05) is 49.4 Å². The highest BCUT2D eigenvalue weighted by molar-refractivity contribution is 6.30. The minimum Gasteiger partial charge on any atom is -0.466 e. The number of amides is 1. The van der Waals surface area contributed by atoms with Crippen molar-refractivity contribution in [2.24, 2.45) is 11.7 Å². The summed E-state index contributed by atoms with van der Waals surface area (Å²) in [5, 5.41) is 12.0. The third kappa shape index (κ3) is 6.92. The van der Waals surface area contributed by atoms with Gasteiger partial charge in [0.05, 0.1) is 18.1 Å². The fourth-order valence-electron chi connectivity index (χ4n) is 6.86. The molecule has 46 heavy (non-hydrogen) atoms. The van der Waals surface area contributed by atoms with E-state index in [0.29, 0.717) is 49.1 Å². The molecule has 4 heterocycles. The number of ether oxygens (including phenoxy) is 2. The topological polar surface area (TPSA) is 118 Å². The molecule has 10 heteroatoms. The fourth-order valence-corrected chi connectivity index (χ4v) is 6.99.